The molecule has 3 amide bonds. The van der Waals surface area contributed by atoms with Crippen LogP contribution in [-0.4, -0.2) is 36.0 Å². The first kappa shape index (κ1) is 14.9. The highest BCUT2D eigenvalue weighted by atomic mass is 16.2. The second-order valence-corrected chi connectivity index (χ2v) is 6.21. The maximum absolute atomic E-state index is 12.4. The van der Waals surface area contributed by atoms with Gasteiger partial charge in [0.15, 0.2) is 0 Å². The number of rotatable bonds is 2. The molecule has 118 valence electrons. The van der Waals surface area contributed by atoms with Gasteiger partial charge in [-0.1, -0.05) is 12.1 Å². The topological polar surface area (TPSA) is 61.4 Å². The number of nitrogens with one attached hydrogen (secondary N) is 2. The van der Waals surface area contributed by atoms with Crippen molar-refractivity contribution in [3.05, 3.63) is 29.3 Å². The number of carbonyl (C=O) groups excluding carboxylic acids is 2. The van der Waals surface area contributed by atoms with Crippen molar-refractivity contribution in [3.63, 3.8) is 0 Å². The van der Waals surface area contributed by atoms with E-state index in [1.165, 1.54) is 30.9 Å². The van der Waals surface area contributed by atoms with Gasteiger partial charge in [-0.3, -0.25) is 4.79 Å². The first-order chi connectivity index (χ1) is 10.6. The quantitative estimate of drug-likeness (QED) is 0.880. The molecule has 0 spiro atoms. The molecule has 5 nitrogen and oxygen atoms in total. The number of urea groups is 1. The first-order valence-corrected chi connectivity index (χ1v) is 8.07. The van der Waals surface area contributed by atoms with Crippen molar-refractivity contribution in [2.24, 2.45) is 0 Å². The number of benzene rings is 1. The molecule has 1 heterocycles. The summed E-state index contributed by atoms with van der Waals surface area (Å²) in [5.74, 6) is -0.0376. The number of amides is 3. The lowest BCUT2D eigenvalue weighted by molar-refractivity contribution is -0.119. The zero-order valence-electron chi connectivity index (χ0n) is 13.0. The Morgan fingerprint density at radius 3 is 2.86 bits per heavy atom. The van der Waals surface area contributed by atoms with Gasteiger partial charge in [0.25, 0.3) is 0 Å². The fourth-order valence-electron chi connectivity index (χ4n) is 3.44. The number of carbonyl (C=O) groups is 2. The summed E-state index contributed by atoms with van der Waals surface area (Å²) in [5.41, 5.74) is 3.60. The number of hydrogen-bond donors (Lipinski definition) is 2. The summed E-state index contributed by atoms with van der Waals surface area (Å²) in [5, 5.41) is 5.94. The van der Waals surface area contributed by atoms with Gasteiger partial charge in [-0.25, -0.2) is 4.79 Å². The molecule has 0 bridgehead atoms. The summed E-state index contributed by atoms with van der Waals surface area (Å²) < 4.78 is 0. The third-order valence-corrected chi connectivity index (χ3v) is 4.52. The van der Waals surface area contributed by atoms with Crippen molar-refractivity contribution in [2.45, 2.75) is 45.1 Å². The molecule has 5 heteroatoms. The highest BCUT2D eigenvalue weighted by molar-refractivity contribution is 5.90. The minimum Gasteiger partial charge on any atom is -0.352 e. The third-order valence-electron chi connectivity index (χ3n) is 4.52. The Morgan fingerprint density at radius 2 is 2.05 bits per heavy atom. The Bertz CT molecular complexity index is 585. The van der Waals surface area contributed by atoms with Crippen LogP contribution in [0.2, 0.25) is 0 Å². The average Bonchev–Trinajstić information content (AvgIpc) is 2.95. The standard InChI is InChI=1S/C17H23N3O2/c1-12(21)18-14-9-10-20(11-14)17(22)19-16-8-4-6-13-5-2-3-7-15(13)16/h4,6,8,14H,2-3,5,7,9-11H2,1H3,(H,18,21)(H,19,22). The summed E-state index contributed by atoms with van der Waals surface area (Å²) in [6.07, 6.45) is 5.39. The van der Waals surface area contributed by atoms with Crippen LogP contribution in [0.1, 0.15) is 37.3 Å². The maximum Gasteiger partial charge on any atom is 0.321 e. The van der Waals surface area contributed by atoms with Gasteiger partial charge in [-0.05, 0) is 49.3 Å². The van der Waals surface area contributed by atoms with Gasteiger partial charge in [0, 0.05) is 31.7 Å². The van der Waals surface area contributed by atoms with Crippen molar-refractivity contribution < 1.29 is 9.59 Å². The normalized spacial score (nSPS) is 20.4. The Morgan fingerprint density at radius 1 is 1.23 bits per heavy atom. The van der Waals surface area contributed by atoms with Gasteiger partial charge in [0.1, 0.15) is 0 Å². The molecule has 3 rings (SSSR count). The molecule has 1 unspecified atom stereocenters. The molecule has 1 aromatic rings. The lowest BCUT2D eigenvalue weighted by atomic mass is 9.90. The SMILES string of the molecule is CC(=O)NC1CCN(C(=O)Nc2cccc3c2CCCC3)C1. The van der Waals surface area contributed by atoms with Gasteiger partial charge in [0.05, 0.1) is 0 Å². The van der Waals surface area contributed by atoms with E-state index >= 15 is 0 Å². The highest BCUT2D eigenvalue weighted by Gasteiger charge is 2.27. The fraction of sp³-hybridized carbons (Fsp3) is 0.529. The van der Waals surface area contributed by atoms with Crippen molar-refractivity contribution in [1.82, 2.24) is 10.2 Å². The molecule has 2 N–H and O–H groups in total. The molecule has 0 aromatic heterocycles. The van der Waals surface area contributed by atoms with Crippen LogP contribution in [0.4, 0.5) is 10.5 Å². The van der Waals surface area contributed by atoms with E-state index in [0.717, 1.165) is 24.9 Å². The minimum absolute atomic E-state index is 0.0376. The molecule has 1 fully saturated rings. The minimum atomic E-state index is -0.0631. The highest BCUT2D eigenvalue weighted by Crippen LogP contribution is 2.28. The van der Waals surface area contributed by atoms with Gasteiger partial charge >= 0.3 is 6.03 Å². The molecule has 22 heavy (non-hydrogen) atoms. The lowest BCUT2D eigenvalue weighted by Gasteiger charge is -2.22. The molecular formula is C17H23N3O2. The number of likely N-dealkylation sites (tertiary alicyclic amines) is 1. The fourth-order valence-corrected chi connectivity index (χ4v) is 3.44. The Labute approximate surface area is 131 Å². The Balaban J connectivity index is 1.64. The van der Waals surface area contributed by atoms with Crippen LogP contribution in [0.15, 0.2) is 18.2 Å². The first-order valence-electron chi connectivity index (χ1n) is 8.07. The van der Waals surface area contributed by atoms with E-state index in [0.29, 0.717) is 13.1 Å². The van der Waals surface area contributed by atoms with Crippen LogP contribution in [0.3, 0.4) is 0 Å². The van der Waals surface area contributed by atoms with Crippen LogP contribution in [0.5, 0.6) is 0 Å². The van der Waals surface area contributed by atoms with Crippen molar-refractivity contribution >= 4 is 17.6 Å². The summed E-state index contributed by atoms with van der Waals surface area (Å²) >= 11 is 0. The summed E-state index contributed by atoms with van der Waals surface area (Å²) in [7, 11) is 0. The van der Waals surface area contributed by atoms with E-state index in [1.807, 2.05) is 12.1 Å². The van der Waals surface area contributed by atoms with Crippen LogP contribution in [-0.2, 0) is 17.6 Å². The molecule has 1 atom stereocenters. The van der Waals surface area contributed by atoms with Gasteiger partial charge in [0.2, 0.25) is 5.91 Å². The second kappa shape index (κ2) is 6.38. The van der Waals surface area contributed by atoms with E-state index in [-0.39, 0.29) is 18.0 Å². The predicted molar refractivity (Wildman–Crippen MR) is 85.9 cm³/mol. The summed E-state index contributed by atoms with van der Waals surface area (Å²) in [4.78, 5) is 25.3. The van der Waals surface area contributed by atoms with Crippen LogP contribution in [0.25, 0.3) is 0 Å². The van der Waals surface area contributed by atoms with Crippen LogP contribution in [0, 0.1) is 0 Å². The van der Waals surface area contributed by atoms with E-state index in [9.17, 15) is 9.59 Å². The van der Waals surface area contributed by atoms with Crippen LogP contribution >= 0.6 is 0 Å². The summed E-state index contributed by atoms with van der Waals surface area (Å²) in [6.45, 7) is 2.78. The van der Waals surface area contributed by atoms with E-state index in [4.69, 9.17) is 0 Å². The van der Waals surface area contributed by atoms with Crippen molar-refractivity contribution in [2.75, 3.05) is 18.4 Å². The number of aryl methyl sites for hydroxylation is 1. The molecule has 0 saturated carbocycles. The molecular weight excluding hydrogens is 278 g/mol. The molecule has 1 aliphatic heterocycles. The van der Waals surface area contributed by atoms with Crippen LogP contribution < -0.4 is 10.6 Å². The average molecular weight is 301 g/mol. The number of nitrogens with zero attached hydrogens (tertiary/aromatic N) is 1. The molecule has 2 aliphatic rings. The second-order valence-electron chi connectivity index (χ2n) is 6.21. The maximum atomic E-state index is 12.4. The molecule has 1 aromatic carbocycles. The molecule has 1 aliphatic carbocycles. The van der Waals surface area contributed by atoms with E-state index in [1.54, 1.807) is 4.90 Å². The Hall–Kier alpha value is -2.04. The number of hydrogen-bond acceptors (Lipinski definition) is 2. The van der Waals surface area contributed by atoms with E-state index < -0.39 is 0 Å². The number of anilines is 1. The summed E-state index contributed by atoms with van der Waals surface area (Å²) in [6, 6.07) is 6.18. The zero-order chi connectivity index (χ0) is 15.5. The lowest BCUT2D eigenvalue weighted by Crippen LogP contribution is -2.39. The van der Waals surface area contributed by atoms with Gasteiger partial charge < -0.3 is 15.5 Å². The van der Waals surface area contributed by atoms with Gasteiger partial charge in [-0.2, -0.15) is 0 Å². The predicted octanol–water partition coefficient (Wildman–Crippen LogP) is 2.31. The smallest absolute Gasteiger partial charge is 0.321 e. The molecule has 1 saturated heterocycles. The van der Waals surface area contributed by atoms with Gasteiger partial charge in [-0.15, -0.1) is 0 Å². The Kier molecular flexibility index (Phi) is 4.32. The van der Waals surface area contributed by atoms with E-state index in [2.05, 4.69) is 16.7 Å². The molecule has 0 radical (unpaired) electrons. The zero-order valence-corrected chi connectivity index (χ0v) is 13.0. The van der Waals surface area contributed by atoms with Crippen molar-refractivity contribution in [3.8, 4) is 0 Å². The van der Waals surface area contributed by atoms with Crippen molar-refractivity contribution in [1.29, 1.82) is 0 Å². The monoisotopic (exact) mass is 301 g/mol. The third kappa shape index (κ3) is 3.24. The number of fused-ring (bicyclic) bond motifs is 1. The largest absolute Gasteiger partial charge is 0.352 e.